The van der Waals surface area contributed by atoms with Gasteiger partial charge in [-0.3, -0.25) is 0 Å². The molecule has 0 nitrogen and oxygen atoms in total. The Morgan fingerprint density at radius 2 is 1.90 bits per heavy atom. The van der Waals surface area contributed by atoms with Crippen molar-refractivity contribution in [2.24, 2.45) is 11.8 Å². The zero-order chi connectivity index (χ0) is 6.97. The molecule has 0 bridgehead atoms. The van der Waals surface area contributed by atoms with Gasteiger partial charge in [0.15, 0.2) is 0 Å². The van der Waals surface area contributed by atoms with Crippen LogP contribution in [0.25, 0.3) is 0 Å². The second kappa shape index (κ2) is 2.41. The van der Waals surface area contributed by atoms with Crippen LogP contribution in [-0.4, -0.2) is 0 Å². The highest BCUT2D eigenvalue weighted by Crippen LogP contribution is 2.44. The molecule has 0 aromatic carbocycles. The van der Waals surface area contributed by atoms with Crippen molar-refractivity contribution >= 4 is 0 Å². The molecule has 0 heteroatoms. The minimum atomic E-state index is 0.939. The lowest BCUT2D eigenvalue weighted by molar-refractivity contribution is 0.303. The van der Waals surface area contributed by atoms with Crippen LogP contribution < -0.4 is 0 Å². The molecule has 0 unspecified atom stereocenters. The lowest BCUT2D eigenvalue weighted by Crippen LogP contribution is -2.13. The molecular weight excluding hydrogens is 120 g/mol. The van der Waals surface area contributed by atoms with Crippen molar-refractivity contribution in [1.82, 2.24) is 0 Å². The molecule has 0 aromatic heterocycles. The SMILES string of the molecule is C=C1CC[C@@H]2CCCC[C@H]12. The minimum Gasteiger partial charge on any atom is -0.0996 e. The first-order valence-corrected chi connectivity index (χ1v) is 4.55. The van der Waals surface area contributed by atoms with Gasteiger partial charge >= 0.3 is 0 Å². The smallest absolute Gasteiger partial charge is 0.0177 e. The Balaban J connectivity index is 2.08. The van der Waals surface area contributed by atoms with E-state index in [2.05, 4.69) is 6.58 Å². The first kappa shape index (κ1) is 6.45. The molecular formula is C10H16. The van der Waals surface area contributed by atoms with Crippen LogP contribution in [0, 0.1) is 11.8 Å². The van der Waals surface area contributed by atoms with Crippen molar-refractivity contribution in [2.45, 2.75) is 38.5 Å². The molecule has 0 N–H and O–H groups in total. The maximum Gasteiger partial charge on any atom is -0.0177 e. The van der Waals surface area contributed by atoms with Crippen LogP contribution in [0.1, 0.15) is 38.5 Å². The average molecular weight is 136 g/mol. The highest BCUT2D eigenvalue weighted by atomic mass is 14.4. The van der Waals surface area contributed by atoms with Gasteiger partial charge < -0.3 is 0 Å². The summed E-state index contributed by atoms with van der Waals surface area (Å²) >= 11 is 0. The molecule has 0 heterocycles. The summed E-state index contributed by atoms with van der Waals surface area (Å²) in [6.07, 6.45) is 8.65. The van der Waals surface area contributed by atoms with Gasteiger partial charge in [-0.15, -0.1) is 0 Å². The molecule has 2 aliphatic carbocycles. The molecule has 2 fully saturated rings. The molecule has 0 saturated heterocycles. The van der Waals surface area contributed by atoms with Gasteiger partial charge in [0, 0.05) is 0 Å². The molecule has 56 valence electrons. The van der Waals surface area contributed by atoms with E-state index in [1.807, 2.05) is 0 Å². The van der Waals surface area contributed by atoms with Crippen molar-refractivity contribution in [3.63, 3.8) is 0 Å². The third-order valence-corrected chi connectivity index (χ3v) is 3.27. The van der Waals surface area contributed by atoms with Crippen molar-refractivity contribution < 1.29 is 0 Å². The van der Waals surface area contributed by atoms with Crippen LogP contribution >= 0.6 is 0 Å². The Morgan fingerprint density at radius 3 is 2.70 bits per heavy atom. The third kappa shape index (κ3) is 0.902. The summed E-state index contributed by atoms with van der Waals surface area (Å²) in [5, 5.41) is 0. The predicted octanol–water partition coefficient (Wildman–Crippen LogP) is 3.14. The molecule has 2 aliphatic rings. The number of hydrogen-bond acceptors (Lipinski definition) is 0. The fraction of sp³-hybridized carbons (Fsp3) is 0.800. The topological polar surface area (TPSA) is 0 Å². The van der Waals surface area contributed by atoms with Gasteiger partial charge in [0.2, 0.25) is 0 Å². The van der Waals surface area contributed by atoms with E-state index in [1.165, 1.54) is 38.5 Å². The van der Waals surface area contributed by atoms with Gasteiger partial charge in [-0.05, 0) is 37.5 Å². The first-order valence-electron chi connectivity index (χ1n) is 4.55. The van der Waals surface area contributed by atoms with Gasteiger partial charge in [-0.25, -0.2) is 0 Å². The Morgan fingerprint density at radius 1 is 1.10 bits per heavy atom. The van der Waals surface area contributed by atoms with Gasteiger partial charge in [-0.2, -0.15) is 0 Å². The normalized spacial score (nSPS) is 39.8. The summed E-state index contributed by atoms with van der Waals surface area (Å²) in [6, 6.07) is 0. The van der Waals surface area contributed by atoms with E-state index < -0.39 is 0 Å². The van der Waals surface area contributed by atoms with Crippen molar-refractivity contribution in [3.05, 3.63) is 12.2 Å². The van der Waals surface area contributed by atoms with Crippen molar-refractivity contribution in [1.29, 1.82) is 0 Å². The Labute approximate surface area is 63.3 Å². The fourth-order valence-electron chi connectivity index (χ4n) is 2.65. The third-order valence-electron chi connectivity index (χ3n) is 3.27. The molecule has 2 saturated carbocycles. The highest BCUT2D eigenvalue weighted by molar-refractivity contribution is 5.09. The Hall–Kier alpha value is -0.260. The Kier molecular flexibility index (Phi) is 1.55. The lowest BCUT2D eigenvalue weighted by Gasteiger charge is -2.25. The van der Waals surface area contributed by atoms with E-state index in [0.29, 0.717) is 0 Å². The van der Waals surface area contributed by atoms with Crippen LogP contribution in [0.3, 0.4) is 0 Å². The van der Waals surface area contributed by atoms with Gasteiger partial charge in [0.25, 0.3) is 0 Å². The largest absolute Gasteiger partial charge is 0.0996 e. The number of fused-ring (bicyclic) bond motifs is 1. The summed E-state index contributed by atoms with van der Waals surface area (Å²) < 4.78 is 0. The first-order chi connectivity index (χ1) is 4.88. The zero-order valence-corrected chi connectivity index (χ0v) is 6.60. The lowest BCUT2D eigenvalue weighted by atomic mass is 9.81. The molecule has 0 amide bonds. The highest BCUT2D eigenvalue weighted by Gasteiger charge is 2.31. The molecule has 10 heavy (non-hydrogen) atoms. The quantitative estimate of drug-likeness (QED) is 0.449. The maximum absolute atomic E-state index is 4.14. The summed E-state index contributed by atoms with van der Waals surface area (Å²) in [7, 11) is 0. The number of allylic oxidation sites excluding steroid dienone is 1. The molecule has 2 rings (SSSR count). The maximum atomic E-state index is 4.14. The van der Waals surface area contributed by atoms with E-state index in [-0.39, 0.29) is 0 Å². The summed E-state index contributed by atoms with van der Waals surface area (Å²) in [5.74, 6) is 1.98. The summed E-state index contributed by atoms with van der Waals surface area (Å²) in [4.78, 5) is 0. The molecule has 0 aliphatic heterocycles. The average Bonchev–Trinajstić information content (AvgIpc) is 2.34. The monoisotopic (exact) mass is 136 g/mol. The van der Waals surface area contributed by atoms with Crippen LogP contribution in [0.15, 0.2) is 12.2 Å². The molecule has 0 radical (unpaired) electrons. The van der Waals surface area contributed by atoms with Crippen LogP contribution in [0.2, 0.25) is 0 Å². The fourth-order valence-corrected chi connectivity index (χ4v) is 2.65. The van der Waals surface area contributed by atoms with E-state index in [4.69, 9.17) is 0 Å². The second-order valence-electron chi connectivity index (χ2n) is 3.85. The van der Waals surface area contributed by atoms with Crippen molar-refractivity contribution in [3.8, 4) is 0 Å². The van der Waals surface area contributed by atoms with Gasteiger partial charge in [0.05, 0.1) is 0 Å². The van der Waals surface area contributed by atoms with E-state index in [9.17, 15) is 0 Å². The molecule has 0 spiro atoms. The van der Waals surface area contributed by atoms with Crippen LogP contribution in [0.4, 0.5) is 0 Å². The van der Waals surface area contributed by atoms with E-state index in [1.54, 1.807) is 5.57 Å². The van der Waals surface area contributed by atoms with Crippen LogP contribution in [0.5, 0.6) is 0 Å². The summed E-state index contributed by atoms with van der Waals surface area (Å²) in [5.41, 5.74) is 1.56. The summed E-state index contributed by atoms with van der Waals surface area (Å²) in [6.45, 7) is 4.14. The minimum absolute atomic E-state index is 0.939. The predicted molar refractivity (Wildman–Crippen MR) is 43.8 cm³/mol. The molecule has 0 aromatic rings. The second-order valence-corrected chi connectivity index (χ2v) is 3.85. The van der Waals surface area contributed by atoms with E-state index >= 15 is 0 Å². The van der Waals surface area contributed by atoms with Crippen molar-refractivity contribution in [2.75, 3.05) is 0 Å². The standard InChI is InChI=1S/C10H16/c1-8-6-7-9-4-2-3-5-10(8)9/h9-10H,1-7H2/t9-,10+/m0/s1. The van der Waals surface area contributed by atoms with Crippen LogP contribution in [-0.2, 0) is 0 Å². The zero-order valence-electron chi connectivity index (χ0n) is 6.60. The van der Waals surface area contributed by atoms with Gasteiger partial charge in [0.1, 0.15) is 0 Å². The Bertz CT molecular complexity index is 146. The molecule has 2 atom stereocenters. The van der Waals surface area contributed by atoms with Gasteiger partial charge in [-0.1, -0.05) is 25.0 Å². The number of hydrogen-bond donors (Lipinski definition) is 0. The van der Waals surface area contributed by atoms with E-state index in [0.717, 1.165) is 11.8 Å². The number of rotatable bonds is 0.